The van der Waals surface area contributed by atoms with Gasteiger partial charge in [-0.2, -0.15) is 4.98 Å². The minimum Gasteiger partial charge on any atom is -0.493 e. The number of fused-ring (bicyclic) bond motifs is 1. The average molecular weight is 669 g/mol. The number of nitrogens with one attached hydrogen (secondary N) is 2. The number of hydrogen-bond donors (Lipinski definition) is 2. The van der Waals surface area contributed by atoms with Gasteiger partial charge in [-0.3, -0.25) is 9.59 Å². The number of ether oxygens (including phenoxy) is 2. The minimum absolute atomic E-state index is 0.00282. The summed E-state index contributed by atoms with van der Waals surface area (Å²) in [4.78, 5) is 37.1. The number of hydrogen-bond acceptors (Lipinski definition) is 10. The van der Waals surface area contributed by atoms with Crippen molar-refractivity contribution in [1.82, 2.24) is 24.8 Å². The first-order valence-corrected chi connectivity index (χ1v) is 18.8. The molecule has 0 bridgehead atoms. The number of carbonyl (C=O) groups excluding carboxylic acids is 2. The number of carbonyl (C=O) groups is 2. The molecule has 2 aromatic heterocycles. The fourth-order valence-corrected chi connectivity index (χ4v) is 7.24. The molecule has 2 N–H and O–H groups in total. The third kappa shape index (κ3) is 9.01. The summed E-state index contributed by atoms with van der Waals surface area (Å²) in [5.41, 5.74) is 0.925. The standard InChI is InChI=1S/C34H48N6O6S/c1-23(2)31(35-3)33(42)46-26-14-18-39(19-15-26)32(41)24-9-11-25(12-10-24)37-34-36-17-13-30(38-34)40-20-16-27-28(40)7-5-8-29(27)45-21-6-22-47(4,43)44/h5,7-8,13,16-17,20,23-26,31,35H,6,9-12,14-15,18-19,21-22H2,1-4H3,(H,36,37,38)/t24?,25?,31-/m1/s1. The number of amides is 1. The largest absolute Gasteiger partial charge is 0.493 e. The van der Waals surface area contributed by atoms with Crippen molar-refractivity contribution in [2.75, 3.05) is 44.1 Å². The monoisotopic (exact) mass is 668 g/mol. The Kier molecular flexibility index (Phi) is 11.4. The second kappa shape index (κ2) is 15.5. The van der Waals surface area contributed by atoms with Gasteiger partial charge in [-0.1, -0.05) is 19.9 Å². The molecule has 3 heterocycles. The molecule has 2 fully saturated rings. The van der Waals surface area contributed by atoms with Crippen LogP contribution in [0.1, 0.15) is 58.8 Å². The lowest BCUT2D eigenvalue weighted by Gasteiger charge is -2.36. The molecule has 1 saturated carbocycles. The van der Waals surface area contributed by atoms with Crippen LogP contribution in [0.3, 0.4) is 0 Å². The number of nitrogens with zero attached hydrogens (tertiary/aromatic N) is 4. The Labute approximate surface area is 277 Å². The normalized spacial score (nSPS) is 19.9. The molecule has 0 spiro atoms. The van der Waals surface area contributed by atoms with Crippen LogP contribution in [0.15, 0.2) is 42.7 Å². The lowest BCUT2D eigenvalue weighted by Crippen LogP contribution is -2.47. The topological polar surface area (TPSA) is 145 Å². The zero-order valence-corrected chi connectivity index (χ0v) is 28.7. The Morgan fingerprint density at radius 2 is 1.79 bits per heavy atom. The Balaban J connectivity index is 1.11. The summed E-state index contributed by atoms with van der Waals surface area (Å²) < 4.78 is 36.5. The van der Waals surface area contributed by atoms with E-state index in [1.165, 1.54) is 6.26 Å². The van der Waals surface area contributed by atoms with Crippen molar-refractivity contribution >= 4 is 38.6 Å². The van der Waals surface area contributed by atoms with E-state index in [0.29, 0.717) is 50.7 Å². The van der Waals surface area contributed by atoms with Crippen molar-refractivity contribution < 1.29 is 27.5 Å². The van der Waals surface area contributed by atoms with Crippen LogP contribution in [0.2, 0.25) is 0 Å². The van der Waals surface area contributed by atoms with Crippen molar-refractivity contribution in [2.24, 2.45) is 11.8 Å². The van der Waals surface area contributed by atoms with Crippen LogP contribution in [-0.4, -0.2) is 96.7 Å². The molecule has 1 aliphatic carbocycles. The van der Waals surface area contributed by atoms with E-state index in [-0.39, 0.29) is 47.7 Å². The van der Waals surface area contributed by atoms with E-state index in [1.54, 1.807) is 13.2 Å². The molecule has 1 aromatic carbocycles. The number of likely N-dealkylation sites (N-methyl/N-ethyl adjacent to an activating group) is 1. The van der Waals surface area contributed by atoms with E-state index in [0.717, 1.165) is 42.4 Å². The van der Waals surface area contributed by atoms with E-state index < -0.39 is 9.84 Å². The van der Waals surface area contributed by atoms with Crippen LogP contribution >= 0.6 is 0 Å². The van der Waals surface area contributed by atoms with Gasteiger partial charge in [-0.05, 0) is 69.3 Å². The number of aromatic nitrogens is 3. The zero-order chi connectivity index (χ0) is 33.6. The molecule has 2 aliphatic rings. The number of esters is 1. The third-order valence-corrected chi connectivity index (χ3v) is 10.2. The van der Waals surface area contributed by atoms with E-state index >= 15 is 0 Å². The third-order valence-electron chi connectivity index (χ3n) is 9.18. The van der Waals surface area contributed by atoms with Gasteiger partial charge >= 0.3 is 5.97 Å². The van der Waals surface area contributed by atoms with Crippen molar-refractivity contribution in [3.8, 4) is 11.6 Å². The summed E-state index contributed by atoms with van der Waals surface area (Å²) in [5.74, 6) is 2.20. The fourth-order valence-electron chi connectivity index (χ4n) is 6.60. The first-order valence-electron chi connectivity index (χ1n) is 16.7. The minimum atomic E-state index is -3.02. The molecule has 12 nitrogen and oxygen atoms in total. The Morgan fingerprint density at radius 3 is 2.47 bits per heavy atom. The number of anilines is 1. The van der Waals surface area contributed by atoms with Crippen LogP contribution in [0.4, 0.5) is 5.95 Å². The molecule has 0 unspecified atom stereocenters. The molecular weight excluding hydrogens is 620 g/mol. The molecule has 0 radical (unpaired) electrons. The summed E-state index contributed by atoms with van der Waals surface area (Å²) in [6.07, 6.45) is 9.85. The molecular formula is C34H48N6O6S. The summed E-state index contributed by atoms with van der Waals surface area (Å²) >= 11 is 0. The summed E-state index contributed by atoms with van der Waals surface area (Å²) in [6.45, 7) is 5.54. The van der Waals surface area contributed by atoms with Crippen LogP contribution < -0.4 is 15.4 Å². The summed E-state index contributed by atoms with van der Waals surface area (Å²) in [7, 11) is -1.25. The summed E-state index contributed by atoms with van der Waals surface area (Å²) in [6, 6.07) is 9.47. The Morgan fingerprint density at radius 1 is 1.04 bits per heavy atom. The fraction of sp³-hybridized carbons (Fsp3) is 0.588. The highest BCUT2D eigenvalue weighted by molar-refractivity contribution is 7.90. The average Bonchev–Trinajstić information content (AvgIpc) is 3.48. The van der Waals surface area contributed by atoms with Gasteiger partial charge in [0.05, 0.1) is 17.9 Å². The molecule has 1 atom stereocenters. The number of rotatable bonds is 13. The predicted octanol–water partition coefficient (Wildman–Crippen LogP) is 3.98. The van der Waals surface area contributed by atoms with Crippen LogP contribution in [0.25, 0.3) is 16.7 Å². The molecule has 256 valence electrons. The first kappa shape index (κ1) is 34.6. The van der Waals surface area contributed by atoms with Crippen molar-refractivity contribution in [2.45, 2.75) is 77.0 Å². The number of sulfone groups is 1. The number of likely N-dealkylation sites (tertiary alicyclic amines) is 1. The number of benzene rings is 1. The molecule has 13 heteroatoms. The second-order valence-electron chi connectivity index (χ2n) is 13.1. The highest BCUT2D eigenvalue weighted by atomic mass is 32.2. The van der Waals surface area contributed by atoms with Crippen molar-refractivity contribution in [3.63, 3.8) is 0 Å². The van der Waals surface area contributed by atoms with E-state index in [9.17, 15) is 18.0 Å². The maximum atomic E-state index is 13.3. The predicted molar refractivity (Wildman–Crippen MR) is 181 cm³/mol. The molecule has 47 heavy (non-hydrogen) atoms. The van der Waals surface area contributed by atoms with Crippen LogP contribution in [0, 0.1) is 11.8 Å². The van der Waals surface area contributed by atoms with Crippen molar-refractivity contribution in [1.29, 1.82) is 0 Å². The van der Waals surface area contributed by atoms with Gasteiger partial charge < -0.3 is 29.6 Å². The van der Waals surface area contributed by atoms with Crippen LogP contribution in [0.5, 0.6) is 5.75 Å². The Bertz CT molecular complexity index is 1630. The van der Waals surface area contributed by atoms with Gasteiger partial charge in [0, 0.05) is 61.9 Å². The van der Waals surface area contributed by atoms with Gasteiger partial charge in [-0.15, -0.1) is 0 Å². The van der Waals surface area contributed by atoms with Gasteiger partial charge in [0.25, 0.3) is 0 Å². The number of piperidine rings is 1. The molecule has 1 saturated heterocycles. The molecule has 1 aliphatic heterocycles. The van der Waals surface area contributed by atoms with E-state index in [1.807, 2.05) is 59.8 Å². The van der Waals surface area contributed by atoms with Gasteiger partial charge in [-0.25, -0.2) is 13.4 Å². The van der Waals surface area contributed by atoms with Crippen molar-refractivity contribution in [3.05, 3.63) is 42.7 Å². The maximum Gasteiger partial charge on any atom is 0.323 e. The lowest BCUT2D eigenvalue weighted by atomic mass is 9.85. The first-order chi connectivity index (χ1) is 22.5. The molecule has 3 aromatic rings. The second-order valence-corrected chi connectivity index (χ2v) is 15.4. The van der Waals surface area contributed by atoms with Gasteiger partial charge in [0.2, 0.25) is 11.9 Å². The lowest BCUT2D eigenvalue weighted by molar-refractivity contribution is -0.156. The quantitative estimate of drug-likeness (QED) is 0.203. The highest BCUT2D eigenvalue weighted by Gasteiger charge is 2.33. The van der Waals surface area contributed by atoms with Crippen LogP contribution in [-0.2, 0) is 24.2 Å². The molecule has 5 rings (SSSR count). The zero-order valence-electron chi connectivity index (χ0n) is 27.9. The molecule has 1 amide bonds. The van der Waals surface area contributed by atoms with E-state index in [2.05, 4.69) is 15.6 Å². The SMILES string of the molecule is CN[C@@H](C(=O)OC1CCN(C(=O)C2CCC(Nc3nccc(-n4ccc5c(OCCCS(C)(=O)=O)cccc54)n3)CC2)CC1)C(C)C. The Hall–Kier alpha value is -3.71. The van der Waals surface area contributed by atoms with Gasteiger partial charge in [0.1, 0.15) is 33.6 Å². The highest BCUT2D eigenvalue weighted by Crippen LogP contribution is 2.31. The van der Waals surface area contributed by atoms with Gasteiger partial charge in [0.15, 0.2) is 0 Å². The maximum absolute atomic E-state index is 13.3. The smallest absolute Gasteiger partial charge is 0.323 e. The summed E-state index contributed by atoms with van der Waals surface area (Å²) in [5, 5.41) is 7.44. The van der Waals surface area contributed by atoms with E-state index in [4.69, 9.17) is 14.5 Å².